The van der Waals surface area contributed by atoms with E-state index in [0.29, 0.717) is 33.6 Å². The van der Waals surface area contributed by atoms with Crippen LogP contribution < -0.4 is 13.6 Å². The Morgan fingerprint density at radius 1 is 0.690 bits per heavy atom. The van der Waals surface area contributed by atoms with Gasteiger partial charge in [-0.05, 0) is 42.8 Å². The molecule has 0 atom stereocenters. The van der Waals surface area contributed by atoms with Crippen LogP contribution in [0.15, 0.2) is 91.0 Å². The Hall–Kier alpha value is -3.43. The summed E-state index contributed by atoms with van der Waals surface area (Å²) in [6.07, 6.45) is 0. The number of rotatable bonds is 6. The lowest BCUT2D eigenvalue weighted by molar-refractivity contribution is 0.299. The van der Waals surface area contributed by atoms with Crippen molar-refractivity contribution in [1.82, 2.24) is 0 Å². The van der Waals surface area contributed by atoms with Crippen LogP contribution >= 0.6 is 7.82 Å². The zero-order chi connectivity index (χ0) is 20.3. The van der Waals surface area contributed by atoms with E-state index in [0.717, 1.165) is 0 Å². The first-order valence-electron chi connectivity index (χ1n) is 9.04. The molecule has 0 saturated heterocycles. The molecule has 1 N–H and O–H groups in total. The van der Waals surface area contributed by atoms with Gasteiger partial charge in [-0.1, -0.05) is 60.7 Å². The normalized spacial score (nSPS) is 11.2. The van der Waals surface area contributed by atoms with Gasteiger partial charge < -0.3 is 18.7 Å². The van der Waals surface area contributed by atoms with Crippen molar-refractivity contribution in [2.45, 2.75) is 6.92 Å². The second-order valence-corrected chi connectivity index (χ2v) is 7.88. The van der Waals surface area contributed by atoms with Gasteiger partial charge in [-0.3, -0.25) is 0 Å². The Morgan fingerprint density at radius 3 is 1.72 bits per heavy atom. The SMILES string of the molecule is Cc1cc(O)c2ccccc2c1OP(=O)(Oc1ccccc1)Oc1ccccc1. The summed E-state index contributed by atoms with van der Waals surface area (Å²) in [5, 5.41) is 11.5. The summed E-state index contributed by atoms with van der Waals surface area (Å²) in [6.45, 7) is 1.76. The third-order valence-electron chi connectivity index (χ3n) is 4.28. The predicted octanol–water partition coefficient (Wildman–Crippen LogP) is 6.50. The number of phenolic OH excluding ortho intramolecular Hbond substituents is 1. The van der Waals surface area contributed by atoms with Crippen LogP contribution in [0, 0.1) is 6.92 Å². The first-order valence-corrected chi connectivity index (χ1v) is 10.5. The zero-order valence-electron chi connectivity index (χ0n) is 15.7. The summed E-state index contributed by atoms with van der Waals surface area (Å²) in [4.78, 5) is 0. The molecule has 0 unspecified atom stereocenters. The van der Waals surface area contributed by atoms with E-state index < -0.39 is 7.82 Å². The van der Waals surface area contributed by atoms with E-state index in [1.54, 1.807) is 73.7 Å². The lowest BCUT2D eigenvalue weighted by Gasteiger charge is -2.21. The molecule has 0 spiro atoms. The van der Waals surface area contributed by atoms with Crippen LogP contribution in [0.4, 0.5) is 0 Å². The summed E-state index contributed by atoms with van der Waals surface area (Å²) in [6, 6.07) is 26.1. The standard InChI is InChI=1S/C23H19O5P/c1-17-16-22(24)20-14-8-9-15-21(20)23(17)28-29(25,26-18-10-4-2-5-11-18)27-19-12-6-3-7-13-19/h2-16,24H,1H3. The van der Waals surface area contributed by atoms with E-state index in [9.17, 15) is 9.67 Å². The van der Waals surface area contributed by atoms with Gasteiger partial charge in [0.05, 0.1) is 0 Å². The highest BCUT2D eigenvalue weighted by molar-refractivity contribution is 7.49. The molecule has 0 bridgehead atoms. The number of aryl methyl sites for hydroxylation is 1. The minimum Gasteiger partial charge on any atom is -0.507 e. The van der Waals surface area contributed by atoms with Gasteiger partial charge in [0.1, 0.15) is 23.0 Å². The van der Waals surface area contributed by atoms with E-state index in [4.69, 9.17) is 13.6 Å². The van der Waals surface area contributed by atoms with E-state index in [2.05, 4.69) is 0 Å². The maximum Gasteiger partial charge on any atom is 0.647 e. The molecular formula is C23H19O5P. The quantitative estimate of drug-likeness (QED) is 0.370. The zero-order valence-corrected chi connectivity index (χ0v) is 16.6. The largest absolute Gasteiger partial charge is 0.647 e. The van der Waals surface area contributed by atoms with Crippen LogP contribution in [0.25, 0.3) is 10.8 Å². The maximum absolute atomic E-state index is 13.7. The topological polar surface area (TPSA) is 65.0 Å². The number of benzene rings is 4. The number of aromatic hydroxyl groups is 1. The molecule has 6 heteroatoms. The van der Waals surface area contributed by atoms with Gasteiger partial charge in [-0.15, -0.1) is 0 Å². The summed E-state index contributed by atoms with van der Waals surface area (Å²) < 4.78 is 31.0. The Labute approximate surface area is 168 Å². The van der Waals surface area contributed by atoms with E-state index in [1.165, 1.54) is 0 Å². The van der Waals surface area contributed by atoms with Crippen molar-refractivity contribution in [3.63, 3.8) is 0 Å². The number of phosphoric acid groups is 1. The molecule has 0 saturated carbocycles. The number of hydrogen-bond donors (Lipinski definition) is 1. The number of phenols is 1. The van der Waals surface area contributed by atoms with Crippen molar-refractivity contribution in [1.29, 1.82) is 0 Å². The van der Waals surface area contributed by atoms with Crippen molar-refractivity contribution in [2.24, 2.45) is 0 Å². The third-order valence-corrected chi connectivity index (χ3v) is 5.56. The fourth-order valence-electron chi connectivity index (χ4n) is 2.98. The number of para-hydroxylation sites is 2. The molecule has 0 aliphatic heterocycles. The highest BCUT2D eigenvalue weighted by Crippen LogP contribution is 2.52. The van der Waals surface area contributed by atoms with Gasteiger partial charge in [0.2, 0.25) is 0 Å². The van der Waals surface area contributed by atoms with Crippen molar-refractivity contribution >= 4 is 18.6 Å². The highest BCUT2D eigenvalue weighted by Gasteiger charge is 2.34. The van der Waals surface area contributed by atoms with Crippen LogP contribution in [0.5, 0.6) is 23.0 Å². The number of fused-ring (bicyclic) bond motifs is 1. The molecule has 0 fully saturated rings. The fraction of sp³-hybridized carbons (Fsp3) is 0.0435. The molecule has 0 aromatic heterocycles. The minimum atomic E-state index is -4.11. The molecule has 0 radical (unpaired) electrons. The van der Waals surface area contributed by atoms with Crippen LogP contribution in [-0.4, -0.2) is 5.11 Å². The minimum absolute atomic E-state index is 0.119. The van der Waals surface area contributed by atoms with Crippen LogP contribution in [0.2, 0.25) is 0 Å². The summed E-state index contributed by atoms with van der Waals surface area (Å²) >= 11 is 0. The molecule has 0 amide bonds. The first kappa shape index (κ1) is 18.9. The molecule has 4 rings (SSSR count). The molecule has 4 aromatic carbocycles. The lowest BCUT2D eigenvalue weighted by Crippen LogP contribution is -2.08. The monoisotopic (exact) mass is 406 g/mol. The van der Waals surface area contributed by atoms with Gasteiger partial charge >= 0.3 is 7.82 Å². The van der Waals surface area contributed by atoms with E-state index in [-0.39, 0.29) is 5.75 Å². The third kappa shape index (κ3) is 4.20. The number of hydrogen-bond acceptors (Lipinski definition) is 5. The Balaban J connectivity index is 1.78. The second kappa shape index (κ2) is 7.90. The van der Waals surface area contributed by atoms with Gasteiger partial charge in [0, 0.05) is 10.8 Å². The molecule has 4 aromatic rings. The van der Waals surface area contributed by atoms with Crippen molar-refractivity contribution in [3.8, 4) is 23.0 Å². The smallest absolute Gasteiger partial charge is 0.507 e. The van der Waals surface area contributed by atoms with Gasteiger partial charge in [-0.25, -0.2) is 0 Å². The Morgan fingerprint density at radius 2 is 1.17 bits per heavy atom. The molecule has 0 heterocycles. The highest BCUT2D eigenvalue weighted by atomic mass is 31.2. The van der Waals surface area contributed by atoms with Crippen molar-refractivity contribution in [2.75, 3.05) is 0 Å². The molecule has 0 aliphatic carbocycles. The van der Waals surface area contributed by atoms with Gasteiger partial charge in [0.25, 0.3) is 0 Å². The average Bonchev–Trinajstić information content (AvgIpc) is 2.72. The fourth-order valence-corrected chi connectivity index (χ4v) is 4.31. The van der Waals surface area contributed by atoms with Crippen LogP contribution in [0.3, 0.4) is 0 Å². The van der Waals surface area contributed by atoms with Crippen LogP contribution in [0.1, 0.15) is 5.56 Å². The van der Waals surface area contributed by atoms with E-state index >= 15 is 0 Å². The van der Waals surface area contributed by atoms with Crippen molar-refractivity contribution in [3.05, 3.63) is 96.6 Å². The molecule has 29 heavy (non-hydrogen) atoms. The van der Waals surface area contributed by atoms with E-state index in [1.807, 2.05) is 24.3 Å². The predicted molar refractivity (Wildman–Crippen MR) is 113 cm³/mol. The number of phosphoric ester groups is 1. The Kier molecular flexibility index (Phi) is 5.15. The molecule has 5 nitrogen and oxygen atoms in total. The molecule has 146 valence electrons. The first-order chi connectivity index (χ1) is 14.0. The second-order valence-electron chi connectivity index (χ2n) is 6.43. The van der Waals surface area contributed by atoms with Gasteiger partial charge in [-0.2, -0.15) is 4.57 Å². The molecule has 0 aliphatic rings. The average molecular weight is 406 g/mol. The van der Waals surface area contributed by atoms with Crippen molar-refractivity contribution < 1.29 is 23.2 Å². The lowest BCUT2D eigenvalue weighted by atomic mass is 10.1. The van der Waals surface area contributed by atoms with Gasteiger partial charge in [0.15, 0.2) is 0 Å². The Bertz CT molecular complexity index is 1130. The maximum atomic E-state index is 13.7. The summed E-state index contributed by atoms with van der Waals surface area (Å²) in [5.74, 6) is 1.15. The summed E-state index contributed by atoms with van der Waals surface area (Å²) in [7, 11) is -4.11. The summed E-state index contributed by atoms with van der Waals surface area (Å²) in [5.41, 5.74) is 0.606. The van der Waals surface area contributed by atoms with Crippen LogP contribution in [-0.2, 0) is 4.57 Å². The molecular weight excluding hydrogens is 387 g/mol.